The van der Waals surface area contributed by atoms with Crippen LogP contribution in [0.4, 0.5) is 0 Å². The average molecular weight is 366 g/mol. The van der Waals surface area contributed by atoms with E-state index in [1.807, 2.05) is 23.1 Å². The lowest BCUT2D eigenvalue weighted by atomic mass is 10.1. The maximum atomic E-state index is 11.8. The zero-order chi connectivity index (χ0) is 10.1. The van der Waals surface area contributed by atoms with Crippen molar-refractivity contribution in [3.8, 4) is 0 Å². The van der Waals surface area contributed by atoms with Crippen molar-refractivity contribution < 1.29 is 4.79 Å². The molecule has 1 fully saturated rings. The van der Waals surface area contributed by atoms with Crippen LogP contribution in [0.25, 0.3) is 0 Å². The number of amides is 1. The summed E-state index contributed by atoms with van der Waals surface area (Å²) in [4.78, 5) is 13.7. The first-order chi connectivity index (χ1) is 6.68. The zero-order valence-electron chi connectivity index (χ0n) is 7.46. The molecule has 0 radical (unpaired) electrons. The van der Waals surface area contributed by atoms with Crippen LogP contribution in [0.1, 0.15) is 16.8 Å². The van der Waals surface area contributed by atoms with Gasteiger partial charge in [0.1, 0.15) is 0 Å². The standard InChI is InChI=1S/C10H9BrINO/c11-8-3-2-7(6-9(8)12)10(14)13-4-1-5-13/h2-3,6H,1,4-5H2. The maximum absolute atomic E-state index is 11.8. The van der Waals surface area contributed by atoms with Crippen molar-refractivity contribution >= 4 is 44.4 Å². The number of carbonyl (C=O) groups is 1. The van der Waals surface area contributed by atoms with Gasteiger partial charge >= 0.3 is 0 Å². The van der Waals surface area contributed by atoms with Gasteiger partial charge in [-0.25, -0.2) is 0 Å². The molecule has 0 N–H and O–H groups in total. The van der Waals surface area contributed by atoms with E-state index < -0.39 is 0 Å². The molecule has 1 aliphatic heterocycles. The smallest absolute Gasteiger partial charge is 0.253 e. The van der Waals surface area contributed by atoms with Gasteiger partial charge in [0, 0.05) is 26.7 Å². The first-order valence-electron chi connectivity index (χ1n) is 4.43. The molecule has 0 bridgehead atoms. The molecule has 1 heterocycles. The van der Waals surface area contributed by atoms with Crippen LogP contribution >= 0.6 is 38.5 Å². The minimum absolute atomic E-state index is 0.154. The summed E-state index contributed by atoms with van der Waals surface area (Å²) in [7, 11) is 0. The van der Waals surface area contributed by atoms with Crippen molar-refractivity contribution in [1.29, 1.82) is 0 Å². The third kappa shape index (κ3) is 1.95. The van der Waals surface area contributed by atoms with Gasteiger partial charge in [-0.2, -0.15) is 0 Å². The Bertz CT molecular complexity index is 376. The van der Waals surface area contributed by atoms with Crippen LogP contribution < -0.4 is 0 Å². The molecule has 0 unspecified atom stereocenters. The van der Waals surface area contributed by atoms with Gasteiger partial charge in [-0.3, -0.25) is 4.79 Å². The Labute approximate surface area is 105 Å². The Balaban J connectivity index is 2.23. The molecular weight excluding hydrogens is 357 g/mol. The van der Waals surface area contributed by atoms with Crippen LogP contribution in [0.2, 0.25) is 0 Å². The second-order valence-corrected chi connectivity index (χ2v) is 5.29. The topological polar surface area (TPSA) is 20.3 Å². The van der Waals surface area contributed by atoms with Gasteiger partial charge in [0.25, 0.3) is 5.91 Å². The normalized spacial score (nSPS) is 15.1. The van der Waals surface area contributed by atoms with E-state index in [1.165, 1.54) is 0 Å². The first kappa shape index (κ1) is 10.4. The quantitative estimate of drug-likeness (QED) is 0.701. The predicted molar refractivity (Wildman–Crippen MR) is 67.4 cm³/mol. The zero-order valence-corrected chi connectivity index (χ0v) is 11.2. The fourth-order valence-corrected chi connectivity index (χ4v) is 2.09. The molecule has 1 aliphatic rings. The Morgan fingerprint density at radius 2 is 2.14 bits per heavy atom. The molecular formula is C10H9BrINO. The van der Waals surface area contributed by atoms with Gasteiger partial charge in [-0.1, -0.05) is 0 Å². The molecule has 2 nitrogen and oxygen atoms in total. The van der Waals surface area contributed by atoms with Gasteiger partial charge < -0.3 is 4.90 Å². The molecule has 1 amide bonds. The molecule has 1 aromatic rings. The van der Waals surface area contributed by atoms with E-state index in [1.54, 1.807) is 0 Å². The number of hydrogen-bond donors (Lipinski definition) is 0. The Hall–Kier alpha value is -0.100. The van der Waals surface area contributed by atoms with E-state index in [9.17, 15) is 4.79 Å². The molecule has 0 atom stereocenters. The van der Waals surface area contributed by atoms with Gasteiger partial charge in [0.15, 0.2) is 0 Å². The van der Waals surface area contributed by atoms with E-state index in [-0.39, 0.29) is 5.91 Å². The maximum Gasteiger partial charge on any atom is 0.253 e. The molecule has 0 aromatic heterocycles. The average Bonchev–Trinajstić information content (AvgIpc) is 2.06. The van der Waals surface area contributed by atoms with Gasteiger partial charge in [-0.05, 0) is 63.1 Å². The van der Waals surface area contributed by atoms with E-state index in [0.717, 1.165) is 33.1 Å². The van der Waals surface area contributed by atoms with Crippen molar-refractivity contribution in [1.82, 2.24) is 4.90 Å². The van der Waals surface area contributed by atoms with E-state index in [4.69, 9.17) is 0 Å². The molecule has 14 heavy (non-hydrogen) atoms. The SMILES string of the molecule is O=C(c1ccc(Br)c(I)c1)N1CCC1. The fraction of sp³-hybridized carbons (Fsp3) is 0.300. The number of nitrogens with zero attached hydrogens (tertiary/aromatic N) is 1. The highest BCUT2D eigenvalue weighted by atomic mass is 127. The summed E-state index contributed by atoms with van der Waals surface area (Å²) in [6, 6.07) is 5.72. The number of likely N-dealkylation sites (tertiary alicyclic amines) is 1. The molecule has 0 aliphatic carbocycles. The summed E-state index contributed by atoms with van der Waals surface area (Å²) in [5.74, 6) is 0.154. The van der Waals surface area contributed by atoms with Crippen LogP contribution in [-0.2, 0) is 0 Å². The van der Waals surface area contributed by atoms with Gasteiger partial charge in [0.05, 0.1) is 0 Å². The van der Waals surface area contributed by atoms with Crippen LogP contribution in [0.3, 0.4) is 0 Å². The van der Waals surface area contributed by atoms with Crippen LogP contribution in [0.5, 0.6) is 0 Å². The highest BCUT2D eigenvalue weighted by molar-refractivity contribution is 14.1. The molecule has 74 valence electrons. The predicted octanol–water partition coefficient (Wildman–Crippen LogP) is 2.90. The third-order valence-corrected chi connectivity index (χ3v) is 4.64. The fourth-order valence-electron chi connectivity index (χ4n) is 1.33. The molecule has 0 saturated carbocycles. The number of benzene rings is 1. The van der Waals surface area contributed by atoms with Crippen molar-refractivity contribution in [2.45, 2.75) is 6.42 Å². The van der Waals surface area contributed by atoms with Crippen molar-refractivity contribution in [3.63, 3.8) is 0 Å². The van der Waals surface area contributed by atoms with Crippen LogP contribution in [0.15, 0.2) is 22.7 Å². The van der Waals surface area contributed by atoms with Crippen molar-refractivity contribution in [2.75, 3.05) is 13.1 Å². The number of hydrogen-bond acceptors (Lipinski definition) is 1. The van der Waals surface area contributed by atoms with E-state index in [2.05, 4.69) is 38.5 Å². The second kappa shape index (κ2) is 4.18. The Morgan fingerprint density at radius 1 is 1.43 bits per heavy atom. The lowest BCUT2D eigenvalue weighted by Gasteiger charge is -2.30. The summed E-state index contributed by atoms with van der Waals surface area (Å²) >= 11 is 5.63. The summed E-state index contributed by atoms with van der Waals surface area (Å²) in [5.41, 5.74) is 0.789. The molecule has 4 heteroatoms. The highest BCUT2D eigenvalue weighted by Crippen LogP contribution is 2.21. The number of rotatable bonds is 1. The van der Waals surface area contributed by atoms with Crippen LogP contribution in [-0.4, -0.2) is 23.9 Å². The minimum atomic E-state index is 0.154. The summed E-state index contributed by atoms with van der Waals surface area (Å²) in [6.45, 7) is 1.82. The van der Waals surface area contributed by atoms with Crippen molar-refractivity contribution in [3.05, 3.63) is 31.8 Å². The first-order valence-corrected chi connectivity index (χ1v) is 6.30. The van der Waals surface area contributed by atoms with Crippen LogP contribution in [0, 0.1) is 3.57 Å². The lowest BCUT2D eigenvalue weighted by molar-refractivity contribution is 0.0652. The summed E-state index contributed by atoms with van der Waals surface area (Å²) in [6.07, 6.45) is 1.14. The molecule has 1 aromatic carbocycles. The second-order valence-electron chi connectivity index (χ2n) is 3.27. The van der Waals surface area contributed by atoms with Gasteiger partial charge in [-0.15, -0.1) is 0 Å². The summed E-state index contributed by atoms with van der Waals surface area (Å²) < 4.78 is 2.12. The highest BCUT2D eigenvalue weighted by Gasteiger charge is 2.21. The van der Waals surface area contributed by atoms with E-state index >= 15 is 0 Å². The number of carbonyl (C=O) groups excluding carboxylic acids is 1. The van der Waals surface area contributed by atoms with Gasteiger partial charge in [0.2, 0.25) is 0 Å². The molecule has 0 spiro atoms. The minimum Gasteiger partial charge on any atom is -0.339 e. The lowest BCUT2D eigenvalue weighted by Crippen LogP contribution is -2.42. The molecule has 2 rings (SSSR count). The van der Waals surface area contributed by atoms with E-state index in [0.29, 0.717) is 0 Å². The molecule has 1 saturated heterocycles. The van der Waals surface area contributed by atoms with Crippen molar-refractivity contribution in [2.24, 2.45) is 0 Å². The largest absolute Gasteiger partial charge is 0.339 e. The monoisotopic (exact) mass is 365 g/mol. The summed E-state index contributed by atoms with van der Waals surface area (Å²) in [5, 5.41) is 0. The Kier molecular flexibility index (Phi) is 3.11. The number of halogens is 2. The third-order valence-electron chi connectivity index (χ3n) is 2.31. The Morgan fingerprint density at radius 3 is 2.64 bits per heavy atom.